The smallest absolute Gasteiger partial charge is 0.282 e. The Labute approximate surface area is 109 Å². The average Bonchev–Trinajstić information content (AvgIpc) is 2.63. The fraction of sp³-hybridized carbons (Fsp3) is 0.167. The first-order valence-electron chi connectivity index (χ1n) is 5.41. The van der Waals surface area contributed by atoms with Gasteiger partial charge in [0.1, 0.15) is 11.3 Å². The summed E-state index contributed by atoms with van der Waals surface area (Å²) in [4.78, 5) is 23.2. The van der Waals surface area contributed by atoms with Crippen LogP contribution in [0.5, 0.6) is 0 Å². The lowest BCUT2D eigenvalue weighted by Crippen LogP contribution is -2.22. The molecule has 8 heteroatoms. The van der Waals surface area contributed by atoms with E-state index in [0.717, 1.165) is 6.92 Å². The van der Waals surface area contributed by atoms with Gasteiger partial charge < -0.3 is 0 Å². The van der Waals surface area contributed by atoms with Crippen molar-refractivity contribution in [3.8, 4) is 5.69 Å². The van der Waals surface area contributed by atoms with Gasteiger partial charge in [0.25, 0.3) is 5.56 Å². The van der Waals surface area contributed by atoms with Crippen LogP contribution in [-0.4, -0.2) is 15.6 Å². The predicted molar refractivity (Wildman–Crippen MR) is 61.0 cm³/mol. The molecule has 1 aromatic carbocycles. The van der Waals surface area contributed by atoms with Gasteiger partial charge in [-0.25, -0.2) is 22.2 Å². The zero-order valence-corrected chi connectivity index (χ0v) is 10.4. The molecule has 0 amide bonds. The molecule has 0 fully saturated rings. The Morgan fingerprint density at radius 2 is 1.65 bits per heavy atom. The van der Waals surface area contributed by atoms with Crippen LogP contribution in [0.25, 0.3) is 5.69 Å². The van der Waals surface area contributed by atoms with Crippen molar-refractivity contribution in [1.29, 1.82) is 0 Å². The highest BCUT2D eigenvalue weighted by atomic mass is 19.2. The summed E-state index contributed by atoms with van der Waals surface area (Å²) >= 11 is 0. The van der Waals surface area contributed by atoms with E-state index < -0.39 is 40.3 Å². The van der Waals surface area contributed by atoms with Crippen molar-refractivity contribution in [2.45, 2.75) is 13.8 Å². The highest BCUT2D eigenvalue weighted by molar-refractivity contribution is 5.94. The monoisotopic (exact) mass is 288 g/mol. The molecule has 0 atom stereocenters. The van der Waals surface area contributed by atoms with Crippen molar-refractivity contribution in [3.05, 3.63) is 50.9 Å². The zero-order valence-electron chi connectivity index (χ0n) is 10.4. The molecule has 0 bridgehead atoms. The van der Waals surface area contributed by atoms with Gasteiger partial charge in [0.2, 0.25) is 0 Å². The third-order valence-corrected chi connectivity index (χ3v) is 2.74. The van der Waals surface area contributed by atoms with Crippen molar-refractivity contribution in [2.75, 3.05) is 0 Å². The second-order valence-electron chi connectivity index (χ2n) is 4.13. The SMILES string of the molecule is CC(=O)c1c(C)[nH]n(-c2c(F)c(F)cc(F)c2F)c1=O. The summed E-state index contributed by atoms with van der Waals surface area (Å²) < 4.78 is 53.7. The highest BCUT2D eigenvalue weighted by Gasteiger charge is 2.25. The zero-order chi connectivity index (χ0) is 15.2. The van der Waals surface area contributed by atoms with E-state index in [1.807, 2.05) is 0 Å². The molecule has 2 rings (SSSR count). The highest BCUT2D eigenvalue weighted by Crippen LogP contribution is 2.22. The Balaban J connectivity index is 2.87. The van der Waals surface area contributed by atoms with Crippen LogP contribution in [-0.2, 0) is 0 Å². The van der Waals surface area contributed by atoms with Gasteiger partial charge in [-0.3, -0.25) is 14.7 Å². The van der Waals surface area contributed by atoms with Crippen LogP contribution in [0.15, 0.2) is 10.9 Å². The minimum Gasteiger partial charge on any atom is -0.294 e. The van der Waals surface area contributed by atoms with E-state index in [-0.39, 0.29) is 22.0 Å². The Kier molecular flexibility index (Phi) is 3.24. The van der Waals surface area contributed by atoms with Crippen molar-refractivity contribution in [3.63, 3.8) is 0 Å². The molecule has 0 saturated carbocycles. The molecule has 2 aromatic rings. The van der Waals surface area contributed by atoms with Crippen LogP contribution >= 0.6 is 0 Å². The number of aromatic nitrogens is 2. The molecule has 20 heavy (non-hydrogen) atoms. The minimum absolute atomic E-state index is 0.0287. The molecule has 0 saturated heterocycles. The number of nitrogens with zero attached hydrogens (tertiary/aromatic N) is 1. The first-order valence-corrected chi connectivity index (χ1v) is 5.41. The number of carbonyl (C=O) groups is 1. The molecule has 0 aliphatic rings. The van der Waals surface area contributed by atoms with E-state index in [1.165, 1.54) is 6.92 Å². The second kappa shape index (κ2) is 4.62. The van der Waals surface area contributed by atoms with Gasteiger partial charge in [0, 0.05) is 11.8 Å². The number of hydrogen-bond acceptors (Lipinski definition) is 2. The Hall–Kier alpha value is -2.38. The fourth-order valence-electron chi connectivity index (χ4n) is 1.88. The number of halogens is 4. The van der Waals surface area contributed by atoms with Crippen molar-refractivity contribution < 1.29 is 22.4 Å². The maximum Gasteiger partial charge on any atom is 0.282 e. The molecule has 4 nitrogen and oxygen atoms in total. The van der Waals surface area contributed by atoms with Gasteiger partial charge in [-0.1, -0.05) is 0 Å². The largest absolute Gasteiger partial charge is 0.294 e. The van der Waals surface area contributed by atoms with Crippen molar-refractivity contribution in [1.82, 2.24) is 9.78 Å². The Bertz CT molecular complexity index is 750. The fourth-order valence-corrected chi connectivity index (χ4v) is 1.88. The standard InChI is InChI=1S/C12H8F4N2O2/c1-4-8(5(2)19)12(20)18(17-4)11-9(15)6(13)3-7(14)10(11)16/h3,17H,1-2H3. The summed E-state index contributed by atoms with van der Waals surface area (Å²) in [5.74, 6) is -7.41. The number of carbonyl (C=O) groups excluding carboxylic acids is 1. The number of benzene rings is 1. The Morgan fingerprint density at radius 3 is 2.05 bits per heavy atom. The van der Waals surface area contributed by atoms with E-state index in [1.54, 1.807) is 0 Å². The van der Waals surface area contributed by atoms with Crippen LogP contribution in [0, 0.1) is 30.2 Å². The van der Waals surface area contributed by atoms with Crippen molar-refractivity contribution in [2.24, 2.45) is 0 Å². The van der Waals surface area contributed by atoms with Crippen molar-refractivity contribution >= 4 is 5.78 Å². The second-order valence-corrected chi connectivity index (χ2v) is 4.13. The number of rotatable bonds is 2. The number of H-pyrrole nitrogens is 1. The molecule has 1 aromatic heterocycles. The van der Waals surface area contributed by atoms with E-state index in [4.69, 9.17) is 0 Å². The third-order valence-electron chi connectivity index (χ3n) is 2.74. The molecular formula is C12H8F4N2O2. The van der Waals surface area contributed by atoms with E-state index in [0.29, 0.717) is 0 Å². The van der Waals surface area contributed by atoms with Gasteiger partial charge in [-0.2, -0.15) is 0 Å². The van der Waals surface area contributed by atoms with Crippen LogP contribution in [0.2, 0.25) is 0 Å². The van der Waals surface area contributed by atoms with Gasteiger partial charge in [0.05, 0.1) is 0 Å². The maximum absolute atomic E-state index is 13.6. The molecule has 106 valence electrons. The number of nitrogens with one attached hydrogen (secondary N) is 1. The minimum atomic E-state index is -1.73. The normalized spacial score (nSPS) is 10.9. The molecule has 0 spiro atoms. The number of Topliss-reactive ketones (excluding diaryl/α,β-unsaturated/α-hetero) is 1. The molecule has 0 aliphatic carbocycles. The number of hydrogen-bond donors (Lipinski definition) is 1. The maximum atomic E-state index is 13.6. The molecule has 0 radical (unpaired) electrons. The van der Waals surface area contributed by atoms with Gasteiger partial charge >= 0.3 is 0 Å². The molecule has 0 unspecified atom stereocenters. The van der Waals surface area contributed by atoms with Gasteiger partial charge in [0.15, 0.2) is 29.1 Å². The van der Waals surface area contributed by atoms with E-state index in [2.05, 4.69) is 5.10 Å². The molecule has 1 N–H and O–H groups in total. The quantitative estimate of drug-likeness (QED) is 0.523. The van der Waals surface area contributed by atoms with Gasteiger partial charge in [-0.05, 0) is 13.8 Å². The average molecular weight is 288 g/mol. The number of aryl methyl sites for hydroxylation is 1. The van der Waals surface area contributed by atoms with Crippen LogP contribution < -0.4 is 5.56 Å². The summed E-state index contributed by atoms with van der Waals surface area (Å²) in [5, 5.41) is 2.22. The van der Waals surface area contributed by atoms with E-state index in [9.17, 15) is 27.2 Å². The number of aromatic amines is 1. The summed E-state index contributed by atoms with van der Waals surface area (Å²) in [7, 11) is 0. The Morgan fingerprint density at radius 1 is 1.15 bits per heavy atom. The van der Waals surface area contributed by atoms with Crippen LogP contribution in [0.1, 0.15) is 23.0 Å². The summed E-state index contributed by atoms with van der Waals surface area (Å²) in [5.41, 5.74) is -2.62. The molecule has 1 heterocycles. The lowest BCUT2D eigenvalue weighted by molar-refractivity contribution is 0.101. The summed E-state index contributed by atoms with van der Waals surface area (Å²) in [6.45, 7) is 2.40. The lowest BCUT2D eigenvalue weighted by Gasteiger charge is -2.06. The van der Waals surface area contributed by atoms with E-state index >= 15 is 0 Å². The molecular weight excluding hydrogens is 280 g/mol. The summed E-state index contributed by atoms with van der Waals surface area (Å²) in [6.07, 6.45) is 0. The number of ketones is 1. The topological polar surface area (TPSA) is 54.9 Å². The first-order chi connectivity index (χ1) is 9.25. The summed E-state index contributed by atoms with van der Waals surface area (Å²) in [6, 6.07) is 0.0287. The van der Waals surface area contributed by atoms with Crippen LogP contribution in [0.4, 0.5) is 17.6 Å². The molecule has 0 aliphatic heterocycles. The lowest BCUT2D eigenvalue weighted by atomic mass is 10.2. The first kappa shape index (κ1) is 14.0. The predicted octanol–water partition coefficient (Wildman–Crippen LogP) is 2.23. The van der Waals surface area contributed by atoms with Gasteiger partial charge in [-0.15, -0.1) is 0 Å². The third kappa shape index (κ3) is 1.93. The van der Waals surface area contributed by atoms with Crippen LogP contribution in [0.3, 0.4) is 0 Å².